The normalized spacial score (nSPS) is 12.0. The molecular formula is C36H35F3N6O3S. The number of nitrogens with one attached hydrogen (secondary N) is 2. The first kappa shape index (κ1) is 35.0. The molecule has 49 heavy (non-hydrogen) atoms. The summed E-state index contributed by atoms with van der Waals surface area (Å²) in [4.78, 5) is 30.1. The van der Waals surface area contributed by atoms with Crippen LogP contribution in [0, 0.1) is 10.1 Å². The SMILES string of the molecule is CCCC(CN(Cc1cccc2ccccc12)C(=S)Nc1cccc(C(F)(F)F)c1)NC(=O)Cc1cncn1Cc1ccc([N+](=O)[O-])cc1. The molecule has 254 valence electrons. The van der Waals surface area contributed by atoms with Crippen LogP contribution in [-0.4, -0.2) is 43.0 Å². The van der Waals surface area contributed by atoms with Crippen molar-refractivity contribution in [2.24, 2.45) is 0 Å². The number of benzene rings is 4. The van der Waals surface area contributed by atoms with Crippen molar-refractivity contribution in [2.45, 2.75) is 51.5 Å². The summed E-state index contributed by atoms with van der Waals surface area (Å²) in [6.45, 7) is 3.04. The van der Waals surface area contributed by atoms with Gasteiger partial charge in [0.1, 0.15) is 0 Å². The fourth-order valence-electron chi connectivity index (χ4n) is 5.66. The fraction of sp³-hybridized carbons (Fsp3) is 0.250. The van der Waals surface area contributed by atoms with Crippen LogP contribution in [0.5, 0.6) is 0 Å². The number of halogens is 3. The van der Waals surface area contributed by atoms with Crippen molar-refractivity contribution in [2.75, 3.05) is 11.9 Å². The number of carbonyl (C=O) groups excluding carboxylic acids is 1. The van der Waals surface area contributed by atoms with Crippen LogP contribution in [-0.2, 0) is 30.5 Å². The zero-order valence-corrected chi connectivity index (χ0v) is 27.5. The third kappa shape index (κ3) is 9.41. The van der Waals surface area contributed by atoms with Crippen LogP contribution < -0.4 is 10.6 Å². The lowest BCUT2D eigenvalue weighted by Crippen LogP contribution is -2.47. The molecule has 1 aromatic heterocycles. The zero-order valence-electron chi connectivity index (χ0n) is 26.7. The molecule has 1 atom stereocenters. The van der Waals surface area contributed by atoms with E-state index in [1.54, 1.807) is 24.7 Å². The number of rotatable bonds is 13. The second-order valence-corrected chi connectivity index (χ2v) is 12.1. The van der Waals surface area contributed by atoms with Crippen molar-refractivity contribution in [1.29, 1.82) is 0 Å². The number of fused-ring (bicyclic) bond motifs is 1. The number of nitro groups is 1. The lowest BCUT2D eigenvalue weighted by Gasteiger charge is -2.31. The molecule has 0 aliphatic heterocycles. The number of anilines is 1. The van der Waals surface area contributed by atoms with E-state index in [0.717, 1.165) is 40.5 Å². The van der Waals surface area contributed by atoms with Gasteiger partial charge in [0.15, 0.2) is 5.11 Å². The van der Waals surface area contributed by atoms with Crippen LogP contribution in [0.25, 0.3) is 10.8 Å². The number of hydrogen-bond acceptors (Lipinski definition) is 5. The molecule has 1 heterocycles. The molecule has 0 saturated carbocycles. The lowest BCUT2D eigenvalue weighted by molar-refractivity contribution is -0.384. The predicted molar refractivity (Wildman–Crippen MR) is 187 cm³/mol. The molecule has 9 nitrogen and oxygen atoms in total. The Morgan fingerprint density at radius 2 is 1.78 bits per heavy atom. The van der Waals surface area contributed by atoms with Gasteiger partial charge in [-0.3, -0.25) is 14.9 Å². The topological polar surface area (TPSA) is 105 Å². The van der Waals surface area contributed by atoms with Gasteiger partial charge >= 0.3 is 6.18 Å². The first-order chi connectivity index (χ1) is 23.5. The smallest absolute Gasteiger partial charge is 0.351 e. The number of non-ortho nitro benzene ring substituents is 1. The molecular weight excluding hydrogens is 653 g/mol. The van der Waals surface area contributed by atoms with E-state index >= 15 is 0 Å². The Hall–Kier alpha value is -5.30. The van der Waals surface area contributed by atoms with Crippen LogP contribution in [0.4, 0.5) is 24.5 Å². The number of imidazole rings is 1. The van der Waals surface area contributed by atoms with Crippen molar-refractivity contribution in [3.63, 3.8) is 0 Å². The zero-order chi connectivity index (χ0) is 35.0. The summed E-state index contributed by atoms with van der Waals surface area (Å²) in [5.41, 5.74) is 1.88. The van der Waals surface area contributed by atoms with Crippen molar-refractivity contribution in [3.05, 3.63) is 136 Å². The van der Waals surface area contributed by atoms with Gasteiger partial charge in [-0.25, -0.2) is 4.98 Å². The highest BCUT2D eigenvalue weighted by atomic mass is 32.1. The molecule has 0 fully saturated rings. The number of nitro benzene ring substituents is 1. The number of amides is 1. The van der Waals surface area contributed by atoms with Crippen LogP contribution in [0.2, 0.25) is 0 Å². The highest BCUT2D eigenvalue weighted by Gasteiger charge is 2.30. The van der Waals surface area contributed by atoms with E-state index in [-0.39, 0.29) is 34.9 Å². The molecule has 5 aromatic rings. The van der Waals surface area contributed by atoms with E-state index in [1.165, 1.54) is 24.3 Å². The van der Waals surface area contributed by atoms with Crippen LogP contribution >= 0.6 is 12.2 Å². The monoisotopic (exact) mass is 688 g/mol. The first-order valence-corrected chi connectivity index (χ1v) is 16.1. The summed E-state index contributed by atoms with van der Waals surface area (Å²) in [6, 6.07) is 24.6. The number of alkyl halides is 3. The molecule has 5 rings (SSSR count). The number of carbonyl (C=O) groups is 1. The minimum Gasteiger partial charge on any atom is -0.351 e. The maximum Gasteiger partial charge on any atom is 0.416 e. The van der Waals surface area contributed by atoms with Crippen LogP contribution in [0.15, 0.2) is 104 Å². The van der Waals surface area contributed by atoms with Crippen molar-refractivity contribution < 1.29 is 22.9 Å². The molecule has 4 aromatic carbocycles. The van der Waals surface area contributed by atoms with E-state index in [1.807, 2.05) is 58.9 Å². The van der Waals surface area contributed by atoms with Gasteiger partial charge in [0, 0.05) is 55.4 Å². The van der Waals surface area contributed by atoms with E-state index in [9.17, 15) is 28.1 Å². The molecule has 2 N–H and O–H groups in total. The molecule has 0 aliphatic carbocycles. The lowest BCUT2D eigenvalue weighted by atomic mass is 10.0. The van der Waals surface area contributed by atoms with E-state index in [0.29, 0.717) is 31.7 Å². The average Bonchev–Trinajstić information content (AvgIpc) is 3.50. The second kappa shape index (κ2) is 15.7. The highest BCUT2D eigenvalue weighted by Crippen LogP contribution is 2.31. The Morgan fingerprint density at radius 1 is 1.04 bits per heavy atom. The summed E-state index contributed by atoms with van der Waals surface area (Å²) in [6.07, 6.45) is 0.155. The standard InChI is InChI=1S/C36H35F3N6O3S/c1-2-7-30(41-34(46)19-32-20-40-24-44(32)21-25-14-16-31(17-15-25)45(47)48)23-43(22-27-10-5-9-26-8-3-4-13-33(26)27)35(49)42-29-12-6-11-28(18-29)36(37,38)39/h3-6,8-18,20,24,30H,2,7,19,21-23H2,1H3,(H,41,46)(H,42,49). The molecule has 0 radical (unpaired) electrons. The van der Waals surface area contributed by atoms with E-state index in [2.05, 4.69) is 15.6 Å². The Labute approximate surface area is 286 Å². The van der Waals surface area contributed by atoms with Gasteiger partial charge in [0.2, 0.25) is 5.91 Å². The van der Waals surface area contributed by atoms with Gasteiger partial charge in [-0.05, 0) is 58.7 Å². The van der Waals surface area contributed by atoms with Gasteiger partial charge in [-0.15, -0.1) is 0 Å². The Bertz CT molecular complexity index is 1920. The summed E-state index contributed by atoms with van der Waals surface area (Å²) in [5, 5.41) is 19.4. The van der Waals surface area contributed by atoms with E-state index in [4.69, 9.17) is 12.2 Å². The maximum atomic E-state index is 13.4. The second-order valence-electron chi connectivity index (χ2n) is 11.7. The third-order valence-corrected chi connectivity index (χ3v) is 8.41. The third-order valence-electron chi connectivity index (χ3n) is 8.05. The quantitative estimate of drug-likeness (QED) is 0.0741. The first-order valence-electron chi connectivity index (χ1n) is 15.7. The number of nitrogens with zero attached hydrogens (tertiary/aromatic N) is 4. The summed E-state index contributed by atoms with van der Waals surface area (Å²) in [5.74, 6) is -0.231. The molecule has 13 heteroatoms. The maximum absolute atomic E-state index is 13.4. The number of aromatic nitrogens is 2. The molecule has 1 amide bonds. The minimum absolute atomic E-state index is 0.00468. The van der Waals surface area contributed by atoms with Gasteiger partial charge in [-0.1, -0.05) is 74.0 Å². The summed E-state index contributed by atoms with van der Waals surface area (Å²) < 4.78 is 42.2. The van der Waals surface area contributed by atoms with Gasteiger partial charge in [-0.2, -0.15) is 13.2 Å². The Balaban J connectivity index is 1.33. The largest absolute Gasteiger partial charge is 0.416 e. The minimum atomic E-state index is -4.50. The Morgan fingerprint density at radius 3 is 2.51 bits per heavy atom. The molecule has 1 unspecified atom stereocenters. The fourth-order valence-corrected chi connectivity index (χ4v) is 5.91. The molecule has 0 saturated heterocycles. The van der Waals surface area contributed by atoms with Crippen molar-refractivity contribution in [1.82, 2.24) is 19.8 Å². The van der Waals surface area contributed by atoms with Crippen LogP contribution in [0.1, 0.15) is 42.1 Å². The number of hydrogen-bond donors (Lipinski definition) is 2. The van der Waals surface area contributed by atoms with Gasteiger partial charge in [0.05, 0.1) is 23.2 Å². The highest BCUT2D eigenvalue weighted by molar-refractivity contribution is 7.80. The van der Waals surface area contributed by atoms with Crippen molar-refractivity contribution in [3.8, 4) is 0 Å². The summed E-state index contributed by atoms with van der Waals surface area (Å²) in [7, 11) is 0. The molecule has 0 spiro atoms. The van der Waals surface area contributed by atoms with E-state index < -0.39 is 16.7 Å². The average molecular weight is 689 g/mol. The number of thiocarbonyl (C=S) groups is 1. The van der Waals surface area contributed by atoms with Crippen molar-refractivity contribution >= 4 is 45.4 Å². The Kier molecular flexibility index (Phi) is 11.2. The van der Waals surface area contributed by atoms with Crippen LogP contribution in [0.3, 0.4) is 0 Å². The van der Waals surface area contributed by atoms with Gasteiger partial charge in [0.25, 0.3) is 5.69 Å². The molecule has 0 aliphatic rings. The predicted octanol–water partition coefficient (Wildman–Crippen LogP) is 7.74. The van der Waals surface area contributed by atoms with Gasteiger partial charge < -0.3 is 20.1 Å². The molecule has 0 bridgehead atoms. The summed E-state index contributed by atoms with van der Waals surface area (Å²) >= 11 is 5.80.